The minimum atomic E-state index is -3.96. The van der Waals surface area contributed by atoms with Crippen LogP contribution in [0.4, 0.5) is 5.69 Å². The summed E-state index contributed by atoms with van der Waals surface area (Å²) in [5, 5.41) is 13.3. The van der Waals surface area contributed by atoms with Gasteiger partial charge in [0.1, 0.15) is 11.1 Å². The van der Waals surface area contributed by atoms with E-state index < -0.39 is 9.84 Å². The lowest BCUT2D eigenvalue weighted by Crippen LogP contribution is -2.10. The number of aryl methyl sites for hydroxylation is 2. The average molecular weight is 435 g/mol. The van der Waals surface area contributed by atoms with Gasteiger partial charge >= 0.3 is 0 Å². The number of rotatable bonds is 7. The summed E-state index contributed by atoms with van der Waals surface area (Å²) < 4.78 is 26.4. The van der Waals surface area contributed by atoms with Gasteiger partial charge < -0.3 is 5.32 Å². The molecule has 3 aromatic carbocycles. The second kappa shape index (κ2) is 9.66. The number of hydrogen-bond acceptors (Lipinski definition) is 5. The lowest BCUT2D eigenvalue weighted by Gasteiger charge is -2.15. The smallest absolute Gasteiger partial charge is 0.219 e. The van der Waals surface area contributed by atoms with Gasteiger partial charge in [-0.15, -0.1) is 11.8 Å². The summed E-state index contributed by atoms with van der Waals surface area (Å²) in [4.78, 5) is -0.186. The lowest BCUT2D eigenvalue weighted by atomic mass is 10.1. The highest BCUT2D eigenvalue weighted by Crippen LogP contribution is 2.32. The van der Waals surface area contributed by atoms with Crippen molar-refractivity contribution < 1.29 is 8.42 Å². The van der Waals surface area contributed by atoms with E-state index in [0.717, 1.165) is 22.4 Å². The van der Waals surface area contributed by atoms with E-state index >= 15 is 0 Å². The van der Waals surface area contributed by atoms with Crippen molar-refractivity contribution in [3.05, 3.63) is 105 Å². The Labute approximate surface area is 182 Å². The van der Waals surface area contributed by atoms with Crippen LogP contribution in [0.3, 0.4) is 0 Å². The molecule has 0 radical (unpaired) electrons. The molecule has 0 bridgehead atoms. The van der Waals surface area contributed by atoms with Crippen molar-refractivity contribution in [2.75, 3.05) is 5.32 Å². The molecule has 0 saturated heterocycles. The van der Waals surface area contributed by atoms with Crippen LogP contribution in [0.5, 0.6) is 0 Å². The van der Waals surface area contributed by atoms with Gasteiger partial charge in [-0.1, -0.05) is 60.2 Å². The fourth-order valence-electron chi connectivity index (χ4n) is 2.87. The van der Waals surface area contributed by atoms with Crippen molar-refractivity contribution in [1.29, 1.82) is 5.26 Å². The molecule has 152 valence electrons. The van der Waals surface area contributed by atoms with Crippen molar-refractivity contribution in [2.45, 2.75) is 24.5 Å². The van der Waals surface area contributed by atoms with E-state index in [1.165, 1.54) is 23.9 Å². The molecule has 30 heavy (non-hydrogen) atoms. The normalized spacial score (nSPS) is 12.0. The van der Waals surface area contributed by atoms with Gasteiger partial charge in [0.2, 0.25) is 9.84 Å². The first-order valence-corrected chi connectivity index (χ1v) is 11.8. The highest BCUT2D eigenvalue weighted by Gasteiger charge is 2.25. The Bertz CT molecular complexity index is 1200. The van der Waals surface area contributed by atoms with Crippen LogP contribution < -0.4 is 5.32 Å². The Morgan fingerprint density at radius 1 is 0.967 bits per heavy atom. The van der Waals surface area contributed by atoms with Crippen molar-refractivity contribution in [3.63, 3.8) is 0 Å². The maximum Gasteiger partial charge on any atom is 0.219 e. The van der Waals surface area contributed by atoms with Crippen molar-refractivity contribution in [3.8, 4) is 6.07 Å². The maximum absolute atomic E-state index is 13.2. The maximum atomic E-state index is 13.2. The van der Waals surface area contributed by atoms with Crippen LogP contribution in [-0.2, 0) is 15.6 Å². The number of hydrogen-bond donors (Lipinski definition) is 1. The van der Waals surface area contributed by atoms with Crippen molar-refractivity contribution in [1.82, 2.24) is 0 Å². The number of allylic oxidation sites excluding steroid dienone is 1. The van der Waals surface area contributed by atoms with E-state index in [2.05, 4.69) is 11.4 Å². The minimum absolute atomic E-state index is 0.0984. The standard InChI is InChI=1S/C24H22N2O2S2/c1-18-13-14-19(2)20(15-18)17-29-24(26-21-9-5-3-6-10-21)23(16-25)30(27,28)22-11-7-4-8-12-22/h3-15,26H,17H2,1-2H3. The van der Waals surface area contributed by atoms with Crippen LogP contribution in [-0.4, -0.2) is 8.42 Å². The molecule has 0 atom stereocenters. The first-order valence-electron chi connectivity index (χ1n) is 9.37. The Balaban J connectivity index is 2.05. The molecule has 4 nitrogen and oxygen atoms in total. The second-order valence-corrected chi connectivity index (χ2v) is 9.67. The quantitative estimate of drug-likeness (QED) is 0.475. The molecule has 0 aliphatic rings. The van der Waals surface area contributed by atoms with Gasteiger partial charge in [-0.3, -0.25) is 0 Å². The summed E-state index contributed by atoms with van der Waals surface area (Å²) in [6.45, 7) is 4.04. The van der Waals surface area contributed by atoms with E-state index in [9.17, 15) is 13.7 Å². The summed E-state index contributed by atoms with van der Waals surface area (Å²) in [7, 11) is -3.96. The van der Waals surface area contributed by atoms with Gasteiger partial charge in [0.25, 0.3) is 0 Å². The zero-order valence-electron chi connectivity index (χ0n) is 16.8. The largest absolute Gasteiger partial charge is 0.349 e. The zero-order chi connectivity index (χ0) is 21.6. The highest BCUT2D eigenvalue weighted by atomic mass is 32.2. The molecule has 3 rings (SSSR count). The first kappa shape index (κ1) is 21.7. The van der Waals surface area contributed by atoms with Gasteiger partial charge in [-0.05, 0) is 49.2 Å². The molecule has 0 aliphatic heterocycles. The SMILES string of the molecule is Cc1ccc(C)c(CSC(Nc2ccccc2)=C(C#N)S(=O)(=O)c2ccccc2)c1. The van der Waals surface area contributed by atoms with Crippen molar-refractivity contribution in [2.24, 2.45) is 0 Å². The molecule has 0 fully saturated rings. The first-order chi connectivity index (χ1) is 14.4. The number of thioether (sulfide) groups is 1. The summed E-state index contributed by atoms with van der Waals surface area (Å²) >= 11 is 1.31. The third-order valence-electron chi connectivity index (χ3n) is 4.54. The average Bonchev–Trinajstić information content (AvgIpc) is 2.75. The number of nitrogens with zero attached hydrogens (tertiary/aromatic N) is 1. The van der Waals surface area contributed by atoms with E-state index in [4.69, 9.17) is 0 Å². The number of nitrogens with one attached hydrogen (secondary N) is 1. The molecule has 3 aromatic rings. The van der Waals surface area contributed by atoms with E-state index in [1.54, 1.807) is 18.2 Å². The van der Waals surface area contributed by atoms with Gasteiger partial charge in [-0.25, -0.2) is 8.42 Å². The summed E-state index contributed by atoms with van der Waals surface area (Å²) in [6, 6.07) is 25.4. The lowest BCUT2D eigenvalue weighted by molar-refractivity contribution is 0.603. The molecule has 0 saturated carbocycles. The molecule has 6 heteroatoms. The molecular formula is C24H22N2O2S2. The summed E-state index contributed by atoms with van der Waals surface area (Å²) in [5.74, 6) is 0.540. The number of benzene rings is 3. The predicted molar refractivity (Wildman–Crippen MR) is 124 cm³/mol. The third-order valence-corrected chi connectivity index (χ3v) is 7.44. The number of nitriles is 1. The van der Waals surface area contributed by atoms with Gasteiger partial charge in [0.05, 0.1) is 4.90 Å². The molecule has 0 aliphatic carbocycles. The Morgan fingerprint density at radius 2 is 1.60 bits per heavy atom. The zero-order valence-corrected chi connectivity index (χ0v) is 18.4. The Hall–Kier alpha value is -3.01. The fraction of sp³-hybridized carbons (Fsp3) is 0.125. The van der Waals surface area contributed by atoms with Crippen LogP contribution >= 0.6 is 11.8 Å². The van der Waals surface area contributed by atoms with E-state index in [-0.39, 0.29) is 9.80 Å². The minimum Gasteiger partial charge on any atom is -0.349 e. The molecule has 1 N–H and O–H groups in total. The van der Waals surface area contributed by atoms with Crippen LogP contribution in [0.1, 0.15) is 16.7 Å². The van der Waals surface area contributed by atoms with Gasteiger partial charge in [-0.2, -0.15) is 5.26 Å². The van der Waals surface area contributed by atoms with Crippen LogP contribution in [0, 0.1) is 25.2 Å². The number of anilines is 1. The third kappa shape index (κ3) is 5.12. The molecular weight excluding hydrogens is 412 g/mol. The molecule has 0 unspecified atom stereocenters. The van der Waals surface area contributed by atoms with Crippen LogP contribution in [0.25, 0.3) is 0 Å². The summed E-state index contributed by atoms with van der Waals surface area (Å²) in [6.07, 6.45) is 0. The molecule has 0 spiro atoms. The predicted octanol–water partition coefficient (Wildman–Crippen LogP) is 5.82. The molecule has 0 heterocycles. The van der Waals surface area contributed by atoms with E-state index in [0.29, 0.717) is 10.8 Å². The van der Waals surface area contributed by atoms with Crippen molar-refractivity contribution >= 4 is 27.3 Å². The molecule has 0 amide bonds. The monoisotopic (exact) mass is 434 g/mol. The van der Waals surface area contributed by atoms with Gasteiger partial charge in [0.15, 0.2) is 4.91 Å². The second-order valence-electron chi connectivity index (χ2n) is 6.80. The van der Waals surface area contributed by atoms with Gasteiger partial charge in [0, 0.05) is 11.4 Å². The number of para-hydroxylation sites is 1. The Kier molecular flexibility index (Phi) is 6.99. The van der Waals surface area contributed by atoms with Crippen LogP contribution in [0.15, 0.2) is 93.7 Å². The summed E-state index contributed by atoms with van der Waals surface area (Å²) in [5.41, 5.74) is 4.07. The topological polar surface area (TPSA) is 70.0 Å². The number of sulfone groups is 1. The Morgan fingerprint density at radius 3 is 2.23 bits per heavy atom. The highest BCUT2D eigenvalue weighted by molar-refractivity contribution is 8.04. The van der Waals surface area contributed by atoms with Crippen LogP contribution in [0.2, 0.25) is 0 Å². The molecule has 0 aromatic heterocycles. The fourth-order valence-corrected chi connectivity index (χ4v) is 5.52. The van der Waals surface area contributed by atoms with E-state index in [1.807, 2.05) is 62.4 Å².